The van der Waals surface area contributed by atoms with Crippen LogP contribution in [0.4, 0.5) is 0 Å². The lowest BCUT2D eigenvalue weighted by Gasteiger charge is -2.38. The number of nitrogens with zero attached hydrogens (tertiary/aromatic N) is 1. The van der Waals surface area contributed by atoms with Crippen molar-refractivity contribution in [2.24, 2.45) is 5.92 Å². The van der Waals surface area contributed by atoms with Gasteiger partial charge >= 0.3 is 0 Å². The lowest BCUT2D eigenvalue weighted by molar-refractivity contribution is 0.0437. The van der Waals surface area contributed by atoms with Crippen LogP contribution in [0.2, 0.25) is 0 Å². The van der Waals surface area contributed by atoms with E-state index >= 15 is 0 Å². The maximum atomic E-state index is 9.33. The van der Waals surface area contributed by atoms with Crippen molar-refractivity contribution in [1.29, 1.82) is 0 Å². The van der Waals surface area contributed by atoms with Gasteiger partial charge in [0.15, 0.2) is 0 Å². The Balaban J connectivity index is 2.08. The third kappa shape index (κ3) is 1.50. The summed E-state index contributed by atoms with van der Waals surface area (Å²) < 4.78 is 0. The molecule has 1 aliphatic heterocycles. The maximum Gasteiger partial charge on any atom is 0.0610 e. The largest absolute Gasteiger partial charge is 0.394 e. The lowest BCUT2D eigenvalue weighted by Crippen LogP contribution is -2.49. The quantitative estimate of drug-likeness (QED) is 0.703. The topological polar surface area (TPSA) is 23.5 Å². The van der Waals surface area contributed by atoms with Crippen molar-refractivity contribution < 1.29 is 5.11 Å². The monoisotopic (exact) mass is 183 g/mol. The molecule has 1 saturated carbocycles. The van der Waals surface area contributed by atoms with Gasteiger partial charge in [0.25, 0.3) is 0 Å². The van der Waals surface area contributed by atoms with E-state index in [4.69, 9.17) is 0 Å². The van der Waals surface area contributed by atoms with Crippen molar-refractivity contribution in [1.82, 2.24) is 4.90 Å². The van der Waals surface area contributed by atoms with Crippen LogP contribution in [0.5, 0.6) is 0 Å². The minimum atomic E-state index is 0.00373. The van der Waals surface area contributed by atoms with E-state index in [2.05, 4.69) is 18.7 Å². The fourth-order valence-corrected chi connectivity index (χ4v) is 3.08. The normalized spacial score (nSPS) is 35.3. The standard InChI is InChI=1S/C11H21NO/c1-11(2,8-13)12-7-6-9-4-3-5-10(9)12/h9-10,13H,3-8H2,1-2H3. The van der Waals surface area contributed by atoms with Gasteiger partial charge in [-0.15, -0.1) is 0 Å². The van der Waals surface area contributed by atoms with Crippen LogP contribution in [-0.2, 0) is 0 Å². The molecule has 13 heavy (non-hydrogen) atoms. The number of hydrogen-bond acceptors (Lipinski definition) is 2. The molecular weight excluding hydrogens is 162 g/mol. The van der Waals surface area contributed by atoms with Gasteiger partial charge in [0.1, 0.15) is 0 Å². The second-order valence-electron chi connectivity index (χ2n) is 5.21. The van der Waals surface area contributed by atoms with E-state index in [1.54, 1.807) is 0 Å². The van der Waals surface area contributed by atoms with Gasteiger partial charge < -0.3 is 5.11 Å². The number of hydrogen-bond donors (Lipinski definition) is 1. The van der Waals surface area contributed by atoms with Gasteiger partial charge in [0.05, 0.1) is 6.61 Å². The summed E-state index contributed by atoms with van der Waals surface area (Å²) in [5.74, 6) is 0.936. The molecule has 1 N–H and O–H groups in total. The highest BCUT2D eigenvalue weighted by Gasteiger charge is 2.43. The third-order valence-corrected chi connectivity index (χ3v) is 3.92. The SMILES string of the molecule is CC(C)(CO)N1CCC2CCCC21. The van der Waals surface area contributed by atoms with Crippen molar-refractivity contribution in [3.05, 3.63) is 0 Å². The Morgan fingerprint density at radius 2 is 2.08 bits per heavy atom. The summed E-state index contributed by atoms with van der Waals surface area (Å²) in [5.41, 5.74) is 0.00373. The zero-order valence-corrected chi connectivity index (χ0v) is 8.79. The summed E-state index contributed by atoms with van der Waals surface area (Å²) in [7, 11) is 0. The maximum absolute atomic E-state index is 9.33. The molecule has 0 aromatic rings. The summed E-state index contributed by atoms with van der Waals surface area (Å²) in [6.07, 6.45) is 5.53. The van der Waals surface area contributed by atoms with Crippen molar-refractivity contribution in [3.8, 4) is 0 Å². The van der Waals surface area contributed by atoms with Crippen LogP contribution in [-0.4, -0.2) is 34.7 Å². The summed E-state index contributed by atoms with van der Waals surface area (Å²) >= 11 is 0. The van der Waals surface area contributed by atoms with Gasteiger partial charge in [-0.2, -0.15) is 0 Å². The molecule has 0 radical (unpaired) electrons. The first-order valence-electron chi connectivity index (χ1n) is 5.53. The lowest BCUT2D eigenvalue weighted by atomic mass is 10.0. The van der Waals surface area contributed by atoms with E-state index in [9.17, 15) is 5.11 Å². The van der Waals surface area contributed by atoms with Crippen molar-refractivity contribution in [3.63, 3.8) is 0 Å². The van der Waals surface area contributed by atoms with E-state index in [0.717, 1.165) is 12.0 Å². The van der Waals surface area contributed by atoms with E-state index in [1.807, 2.05) is 0 Å². The van der Waals surface area contributed by atoms with Gasteiger partial charge in [-0.1, -0.05) is 6.42 Å². The predicted octanol–water partition coefficient (Wildman–Crippen LogP) is 1.63. The van der Waals surface area contributed by atoms with Crippen LogP contribution in [0.3, 0.4) is 0 Å². The highest BCUT2D eigenvalue weighted by atomic mass is 16.3. The first kappa shape index (κ1) is 9.47. The molecule has 1 aliphatic carbocycles. The molecule has 2 unspecified atom stereocenters. The second-order valence-corrected chi connectivity index (χ2v) is 5.21. The summed E-state index contributed by atoms with van der Waals surface area (Å²) in [6, 6.07) is 0.780. The Hall–Kier alpha value is -0.0800. The molecule has 2 rings (SSSR count). The molecule has 2 nitrogen and oxygen atoms in total. The van der Waals surface area contributed by atoms with Crippen LogP contribution in [0.15, 0.2) is 0 Å². The minimum Gasteiger partial charge on any atom is -0.394 e. The fourth-order valence-electron chi connectivity index (χ4n) is 3.08. The van der Waals surface area contributed by atoms with Crippen molar-refractivity contribution >= 4 is 0 Å². The number of aliphatic hydroxyl groups is 1. The van der Waals surface area contributed by atoms with Crippen LogP contribution < -0.4 is 0 Å². The van der Waals surface area contributed by atoms with Crippen molar-refractivity contribution in [2.45, 2.75) is 51.1 Å². The van der Waals surface area contributed by atoms with Crippen LogP contribution in [0.1, 0.15) is 39.5 Å². The van der Waals surface area contributed by atoms with Crippen LogP contribution >= 0.6 is 0 Å². The highest BCUT2D eigenvalue weighted by molar-refractivity contribution is 4.97. The Kier molecular flexibility index (Phi) is 2.37. The predicted molar refractivity (Wildman–Crippen MR) is 53.6 cm³/mol. The van der Waals surface area contributed by atoms with E-state index in [-0.39, 0.29) is 12.1 Å². The number of fused-ring (bicyclic) bond motifs is 1. The number of rotatable bonds is 2. The number of likely N-dealkylation sites (tertiary alicyclic amines) is 1. The molecule has 0 bridgehead atoms. The van der Waals surface area contributed by atoms with E-state index < -0.39 is 0 Å². The molecule has 2 aliphatic rings. The smallest absolute Gasteiger partial charge is 0.0610 e. The molecule has 2 heteroatoms. The molecule has 0 spiro atoms. The zero-order valence-electron chi connectivity index (χ0n) is 8.79. The molecule has 1 saturated heterocycles. The molecular formula is C11H21NO. The first-order chi connectivity index (χ1) is 6.15. The van der Waals surface area contributed by atoms with E-state index in [0.29, 0.717) is 0 Å². The van der Waals surface area contributed by atoms with Gasteiger partial charge in [0, 0.05) is 11.6 Å². The minimum absolute atomic E-state index is 0.00373. The Morgan fingerprint density at radius 1 is 1.31 bits per heavy atom. The molecule has 0 amide bonds. The van der Waals surface area contributed by atoms with E-state index in [1.165, 1.54) is 32.2 Å². The van der Waals surface area contributed by atoms with Gasteiger partial charge in [-0.25, -0.2) is 0 Å². The summed E-state index contributed by atoms with van der Waals surface area (Å²) in [5, 5.41) is 9.33. The molecule has 0 aromatic heterocycles. The average molecular weight is 183 g/mol. The molecule has 1 heterocycles. The van der Waals surface area contributed by atoms with Crippen LogP contribution in [0, 0.1) is 5.92 Å². The summed E-state index contributed by atoms with van der Waals surface area (Å²) in [6.45, 7) is 5.81. The molecule has 76 valence electrons. The number of aliphatic hydroxyl groups excluding tert-OH is 1. The first-order valence-corrected chi connectivity index (χ1v) is 5.53. The Morgan fingerprint density at radius 3 is 2.77 bits per heavy atom. The summed E-state index contributed by atoms with van der Waals surface area (Å²) in [4.78, 5) is 2.53. The molecule has 0 aromatic carbocycles. The van der Waals surface area contributed by atoms with Crippen LogP contribution in [0.25, 0.3) is 0 Å². The molecule has 2 atom stereocenters. The average Bonchev–Trinajstić information content (AvgIpc) is 2.62. The Bertz CT molecular complexity index is 191. The molecule has 2 fully saturated rings. The third-order valence-electron chi connectivity index (χ3n) is 3.92. The second kappa shape index (κ2) is 3.25. The Labute approximate surface area is 80.9 Å². The van der Waals surface area contributed by atoms with Crippen molar-refractivity contribution in [2.75, 3.05) is 13.2 Å². The van der Waals surface area contributed by atoms with Gasteiger partial charge in [-0.05, 0) is 45.6 Å². The van der Waals surface area contributed by atoms with Gasteiger partial charge in [-0.3, -0.25) is 4.90 Å². The highest BCUT2D eigenvalue weighted by Crippen LogP contribution is 2.40. The fraction of sp³-hybridized carbons (Fsp3) is 1.00. The zero-order chi connectivity index (χ0) is 9.47. The van der Waals surface area contributed by atoms with Gasteiger partial charge in [0.2, 0.25) is 0 Å².